The van der Waals surface area contributed by atoms with E-state index in [0.29, 0.717) is 12.6 Å². The molecule has 4 nitrogen and oxygen atoms in total. The van der Waals surface area contributed by atoms with Gasteiger partial charge in [0.25, 0.3) is 0 Å². The van der Waals surface area contributed by atoms with Gasteiger partial charge in [-0.3, -0.25) is 4.57 Å². The second kappa shape index (κ2) is 5.15. The Morgan fingerprint density at radius 1 is 1.45 bits per heavy atom. The summed E-state index contributed by atoms with van der Waals surface area (Å²) in [5, 5.41) is 3.36. The van der Waals surface area contributed by atoms with Crippen LogP contribution in [0.1, 0.15) is 25.5 Å². The third-order valence-electron chi connectivity index (χ3n) is 3.23. The Labute approximate surface area is 117 Å². The number of anilines is 1. The van der Waals surface area contributed by atoms with Crippen LogP contribution < -0.4 is 10.1 Å². The number of aromatic nitrogens is 2. The number of nitrogens with one attached hydrogen (secondary N) is 1. The van der Waals surface area contributed by atoms with Gasteiger partial charge < -0.3 is 10.1 Å². The molecule has 20 heavy (non-hydrogen) atoms. The fraction of sp³-hybridized carbons (Fsp3) is 0.400. The van der Waals surface area contributed by atoms with Crippen molar-refractivity contribution in [3.8, 4) is 11.4 Å². The molecule has 1 fully saturated rings. The Bertz CT molecular complexity index is 620. The molecule has 1 aliphatic rings. The molecular weight excluding hydrogens is 257 g/mol. The van der Waals surface area contributed by atoms with Gasteiger partial charge in [-0.15, -0.1) is 0 Å². The van der Waals surface area contributed by atoms with Gasteiger partial charge in [0, 0.05) is 18.3 Å². The molecule has 1 aromatic heterocycles. The second-order valence-electron chi connectivity index (χ2n) is 5.04. The van der Waals surface area contributed by atoms with Crippen LogP contribution in [-0.2, 0) is 0 Å². The van der Waals surface area contributed by atoms with E-state index in [4.69, 9.17) is 4.74 Å². The maximum Gasteiger partial charge on any atom is 0.207 e. The minimum absolute atomic E-state index is 0.282. The summed E-state index contributed by atoms with van der Waals surface area (Å²) in [6, 6.07) is 5.48. The molecule has 0 amide bonds. The Kier molecular flexibility index (Phi) is 3.34. The van der Waals surface area contributed by atoms with Crippen LogP contribution in [0.15, 0.2) is 24.4 Å². The first-order valence-electron chi connectivity index (χ1n) is 6.92. The molecule has 1 N–H and O–H groups in total. The third kappa shape index (κ3) is 2.61. The number of benzene rings is 1. The minimum atomic E-state index is -0.354. The SMILES string of the molecule is CCOc1ccc(-n2cc(C)nc2NC2CC2)cc1F. The van der Waals surface area contributed by atoms with Gasteiger partial charge in [0.1, 0.15) is 0 Å². The average Bonchev–Trinajstić information content (AvgIpc) is 3.14. The number of imidazole rings is 1. The van der Waals surface area contributed by atoms with Crippen LogP contribution in [0.25, 0.3) is 5.69 Å². The molecule has 2 aromatic rings. The molecule has 1 aromatic carbocycles. The summed E-state index contributed by atoms with van der Waals surface area (Å²) < 4.78 is 21.1. The summed E-state index contributed by atoms with van der Waals surface area (Å²) in [5.74, 6) is 0.700. The lowest BCUT2D eigenvalue weighted by Gasteiger charge is -2.11. The number of aryl methyl sites for hydroxylation is 1. The fourth-order valence-corrected chi connectivity index (χ4v) is 2.12. The van der Waals surface area contributed by atoms with Gasteiger partial charge >= 0.3 is 0 Å². The summed E-state index contributed by atoms with van der Waals surface area (Å²) in [6.07, 6.45) is 4.24. The number of halogens is 1. The van der Waals surface area contributed by atoms with Crippen molar-refractivity contribution in [2.45, 2.75) is 32.7 Å². The molecule has 0 radical (unpaired) electrons. The fourth-order valence-electron chi connectivity index (χ4n) is 2.12. The first-order valence-corrected chi connectivity index (χ1v) is 6.92. The molecule has 0 aliphatic heterocycles. The van der Waals surface area contributed by atoms with Crippen LogP contribution >= 0.6 is 0 Å². The summed E-state index contributed by atoms with van der Waals surface area (Å²) >= 11 is 0. The van der Waals surface area contributed by atoms with Crippen molar-refractivity contribution >= 4 is 5.95 Å². The molecule has 5 heteroatoms. The molecule has 0 spiro atoms. The minimum Gasteiger partial charge on any atom is -0.491 e. The lowest BCUT2D eigenvalue weighted by molar-refractivity contribution is 0.321. The van der Waals surface area contributed by atoms with Crippen LogP contribution in [0.5, 0.6) is 5.75 Å². The Morgan fingerprint density at radius 3 is 2.90 bits per heavy atom. The summed E-state index contributed by atoms with van der Waals surface area (Å²) in [5.41, 5.74) is 1.65. The van der Waals surface area contributed by atoms with Gasteiger partial charge in [0.15, 0.2) is 11.6 Å². The monoisotopic (exact) mass is 275 g/mol. The average molecular weight is 275 g/mol. The summed E-state index contributed by atoms with van der Waals surface area (Å²) in [6.45, 7) is 4.22. The highest BCUT2D eigenvalue weighted by molar-refractivity contribution is 5.46. The molecule has 0 unspecified atom stereocenters. The molecule has 1 saturated carbocycles. The summed E-state index contributed by atoms with van der Waals surface area (Å²) in [7, 11) is 0. The Balaban J connectivity index is 1.93. The van der Waals surface area contributed by atoms with Gasteiger partial charge in [-0.2, -0.15) is 0 Å². The molecule has 0 bridgehead atoms. The van der Waals surface area contributed by atoms with E-state index in [-0.39, 0.29) is 11.6 Å². The predicted octanol–water partition coefficient (Wildman–Crippen LogP) is 3.29. The van der Waals surface area contributed by atoms with Crippen molar-refractivity contribution in [1.82, 2.24) is 9.55 Å². The maximum atomic E-state index is 14.0. The van der Waals surface area contributed by atoms with E-state index in [2.05, 4.69) is 10.3 Å². The number of ether oxygens (including phenoxy) is 1. The Hall–Kier alpha value is -2.04. The quantitative estimate of drug-likeness (QED) is 0.910. The third-order valence-corrected chi connectivity index (χ3v) is 3.23. The number of nitrogens with zero attached hydrogens (tertiary/aromatic N) is 2. The van der Waals surface area contributed by atoms with E-state index >= 15 is 0 Å². The van der Waals surface area contributed by atoms with Gasteiger partial charge in [0.05, 0.1) is 18.0 Å². The van der Waals surface area contributed by atoms with E-state index < -0.39 is 0 Å². The standard InChI is InChI=1S/C15H18FN3O/c1-3-20-14-7-6-12(8-13(14)16)19-9-10(2)17-15(19)18-11-4-5-11/h6-9,11H,3-5H2,1-2H3,(H,17,18). The number of hydrogen-bond acceptors (Lipinski definition) is 3. The molecular formula is C15H18FN3O. The van der Waals surface area contributed by atoms with E-state index in [1.165, 1.54) is 18.9 Å². The van der Waals surface area contributed by atoms with Crippen LogP contribution in [-0.4, -0.2) is 22.2 Å². The molecule has 0 atom stereocenters. The highest BCUT2D eigenvalue weighted by Gasteiger charge is 2.23. The first kappa shape index (κ1) is 13.0. The van der Waals surface area contributed by atoms with Crippen LogP contribution in [0.3, 0.4) is 0 Å². The molecule has 106 valence electrons. The van der Waals surface area contributed by atoms with Crippen molar-refractivity contribution in [3.05, 3.63) is 35.9 Å². The van der Waals surface area contributed by atoms with Crippen molar-refractivity contribution in [2.24, 2.45) is 0 Å². The lowest BCUT2D eigenvalue weighted by Crippen LogP contribution is -2.08. The molecule has 1 aliphatic carbocycles. The first-order chi connectivity index (χ1) is 9.67. The molecule has 1 heterocycles. The normalized spacial score (nSPS) is 14.3. The van der Waals surface area contributed by atoms with Crippen molar-refractivity contribution in [1.29, 1.82) is 0 Å². The van der Waals surface area contributed by atoms with Gasteiger partial charge in [-0.1, -0.05) is 0 Å². The summed E-state index contributed by atoms with van der Waals surface area (Å²) in [4.78, 5) is 4.45. The smallest absolute Gasteiger partial charge is 0.207 e. The van der Waals surface area contributed by atoms with Gasteiger partial charge in [-0.25, -0.2) is 9.37 Å². The number of hydrogen-bond donors (Lipinski definition) is 1. The molecule has 0 saturated heterocycles. The highest BCUT2D eigenvalue weighted by atomic mass is 19.1. The largest absolute Gasteiger partial charge is 0.491 e. The van der Waals surface area contributed by atoms with Crippen molar-refractivity contribution in [3.63, 3.8) is 0 Å². The van der Waals surface area contributed by atoms with E-state index in [1.807, 2.05) is 30.7 Å². The van der Waals surface area contributed by atoms with E-state index in [1.54, 1.807) is 6.07 Å². The van der Waals surface area contributed by atoms with Crippen LogP contribution in [0, 0.1) is 12.7 Å². The number of rotatable bonds is 5. The zero-order chi connectivity index (χ0) is 14.1. The predicted molar refractivity (Wildman–Crippen MR) is 76.1 cm³/mol. The van der Waals surface area contributed by atoms with E-state index in [0.717, 1.165) is 17.3 Å². The highest BCUT2D eigenvalue weighted by Crippen LogP contribution is 2.27. The second-order valence-corrected chi connectivity index (χ2v) is 5.04. The zero-order valence-corrected chi connectivity index (χ0v) is 11.7. The van der Waals surface area contributed by atoms with Gasteiger partial charge in [0.2, 0.25) is 5.95 Å². The van der Waals surface area contributed by atoms with Crippen molar-refractivity contribution < 1.29 is 9.13 Å². The maximum absolute atomic E-state index is 14.0. The van der Waals surface area contributed by atoms with Crippen LogP contribution in [0.4, 0.5) is 10.3 Å². The lowest BCUT2D eigenvalue weighted by atomic mass is 10.3. The van der Waals surface area contributed by atoms with E-state index in [9.17, 15) is 4.39 Å². The molecule has 3 rings (SSSR count). The Morgan fingerprint density at radius 2 is 2.25 bits per heavy atom. The van der Waals surface area contributed by atoms with Crippen molar-refractivity contribution in [2.75, 3.05) is 11.9 Å². The zero-order valence-electron chi connectivity index (χ0n) is 11.7. The van der Waals surface area contributed by atoms with Crippen LogP contribution in [0.2, 0.25) is 0 Å². The van der Waals surface area contributed by atoms with Gasteiger partial charge in [-0.05, 0) is 38.8 Å². The topological polar surface area (TPSA) is 39.1 Å².